The van der Waals surface area contributed by atoms with Crippen molar-refractivity contribution in [2.24, 2.45) is 0 Å². The smallest absolute Gasteiger partial charge is 0.337 e. The summed E-state index contributed by atoms with van der Waals surface area (Å²) in [5.74, 6) is -2.01. The molecule has 0 spiro atoms. The second-order valence-corrected chi connectivity index (χ2v) is 5.69. The maximum Gasteiger partial charge on any atom is 0.337 e. The Kier molecular flexibility index (Phi) is 4.87. The van der Waals surface area contributed by atoms with Crippen LogP contribution < -0.4 is 10.0 Å². The van der Waals surface area contributed by atoms with Crippen LogP contribution in [-0.2, 0) is 14.8 Å². The molecule has 8 heteroatoms. The highest BCUT2D eigenvalue weighted by atomic mass is 32.2. The van der Waals surface area contributed by atoms with E-state index in [-0.39, 0.29) is 28.6 Å². The summed E-state index contributed by atoms with van der Waals surface area (Å²) in [6.45, 7) is 4.59. The van der Waals surface area contributed by atoms with Gasteiger partial charge in [-0.3, -0.25) is 9.52 Å². The minimum atomic E-state index is -3.70. The van der Waals surface area contributed by atoms with E-state index in [1.807, 2.05) is 0 Å². The van der Waals surface area contributed by atoms with Gasteiger partial charge in [0.2, 0.25) is 15.9 Å². The van der Waals surface area contributed by atoms with E-state index in [0.29, 0.717) is 0 Å². The number of amides is 1. The number of carboxylic acid groups (broad SMARTS) is 1. The summed E-state index contributed by atoms with van der Waals surface area (Å²) >= 11 is 0. The molecule has 1 aromatic rings. The van der Waals surface area contributed by atoms with E-state index in [4.69, 9.17) is 5.11 Å². The van der Waals surface area contributed by atoms with Crippen LogP contribution in [0, 0.1) is 0 Å². The zero-order chi connectivity index (χ0) is 15.3. The van der Waals surface area contributed by atoms with E-state index in [1.54, 1.807) is 0 Å². The van der Waals surface area contributed by atoms with Gasteiger partial charge in [-0.2, -0.15) is 0 Å². The van der Waals surface area contributed by atoms with Crippen LogP contribution in [0.25, 0.3) is 0 Å². The number of carbonyl (C=O) groups excluding carboxylic acids is 1. The number of nitrogens with one attached hydrogen (secondary N) is 2. The molecule has 1 aromatic carbocycles. The molecular formula is C12H14N2O5S. The molecule has 3 N–H and O–H groups in total. The van der Waals surface area contributed by atoms with Gasteiger partial charge in [-0.05, 0) is 18.2 Å². The van der Waals surface area contributed by atoms with Crippen molar-refractivity contribution in [2.75, 3.05) is 15.8 Å². The van der Waals surface area contributed by atoms with E-state index in [0.717, 1.165) is 0 Å². The summed E-state index contributed by atoms with van der Waals surface area (Å²) in [6.07, 6.45) is 1.19. The van der Waals surface area contributed by atoms with Crippen molar-refractivity contribution < 1.29 is 23.1 Å². The monoisotopic (exact) mass is 298 g/mol. The largest absolute Gasteiger partial charge is 0.478 e. The maximum absolute atomic E-state index is 11.6. The van der Waals surface area contributed by atoms with Crippen LogP contribution in [0.5, 0.6) is 0 Å². The molecule has 0 unspecified atom stereocenters. The van der Waals surface area contributed by atoms with Gasteiger partial charge in [0.05, 0.1) is 17.0 Å². The number of rotatable bonds is 6. The molecule has 0 heterocycles. The Hall–Kier alpha value is -2.35. The molecule has 1 rings (SSSR count). The number of hydrogen-bond donors (Lipinski definition) is 3. The van der Waals surface area contributed by atoms with Crippen molar-refractivity contribution in [3.8, 4) is 0 Å². The van der Waals surface area contributed by atoms with Crippen LogP contribution in [-0.4, -0.2) is 31.2 Å². The number of aromatic carboxylic acids is 1. The van der Waals surface area contributed by atoms with Gasteiger partial charge in [0.15, 0.2) is 0 Å². The Balaban J connectivity index is 3.17. The second kappa shape index (κ2) is 6.20. The van der Waals surface area contributed by atoms with E-state index in [1.165, 1.54) is 31.2 Å². The van der Waals surface area contributed by atoms with Crippen molar-refractivity contribution in [1.29, 1.82) is 0 Å². The lowest BCUT2D eigenvalue weighted by atomic mass is 10.1. The molecule has 0 radical (unpaired) electrons. The summed E-state index contributed by atoms with van der Waals surface area (Å²) in [5, 5.41) is 11.5. The van der Waals surface area contributed by atoms with Crippen molar-refractivity contribution >= 4 is 33.3 Å². The molecule has 0 atom stereocenters. The van der Waals surface area contributed by atoms with Gasteiger partial charge in [0.1, 0.15) is 0 Å². The first kappa shape index (κ1) is 15.7. The third-order valence-corrected chi connectivity index (χ3v) is 3.38. The van der Waals surface area contributed by atoms with Gasteiger partial charge in [-0.15, -0.1) is 6.58 Å². The highest BCUT2D eigenvalue weighted by Gasteiger charge is 2.16. The van der Waals surface area contributed by atoms with Crippen molar-refractivity contribution in [1.82, 2.24) is 0 Å². The quantitative estimate of drug-likeness (QED) is 0.685. The second-order valence-electron chi connectivity index (χ2n) is 3.92. The van der Waals surface area contributed by atoms with E-state index in [9.17, 15) is 18.0 Å². The third-order valence-electron chi connectivity index (χ3n) is 2.17. The molecule has 0 aliphatic rings. The molecule has 0 aliphatic heterocycles. The standard InChI is InChI=1S/C12H14N2O5S/c1-3-6-20(18,19)14-11-5-4-9(13-8(2)15)7-10(11)12(16)17/h3-5,7,14H,1,6H2,2H3,(H,13,15)(H,16,17). The van der Waals surface area contributed by atoms with E-state index in [2.05, 4.69) is 16.6 Å². The summed E-state index contributed by atoms with van der Waals surface area (Å²) in [4.78, 5) is 22.0. The number of carbonyl (C=O) groups is 2. The highest BCUT2D eigenvalue weighted by molar-refractivity contribution is 7.92. The predicted molar refractivity (Wildman–Crippen MR) is 75.3 cm³/mol. The summed E-state index contributed by atoms with van der Waals surface area (Å²) in [5.41, 5.74) is -0.0705. The highest BCUT2D eigenvalue weighted by Crippen LogP contribution is 2.22. The molecule has 0 fully saturated rings. The van der Waals surface area contributed by atoms with Crippen LogP contribution in [0.15, 0.2) is 30.9 Å². The Bertz CT molecular complexity index is 652. The Morgan fingerprint density at radius 1 is 1.40 bits per heavy atom. The van der Waals surface area contributed by atoms with Crippen LogP contribution in [0.2, 0.25) is 0 Å². The molecule has 0 aliphatic carbocycles. The third kappa shape index (κ3) is 4.39. The summed E-state index contributed by atoms with van der Waals surface area (Å²) in [7, 11) is -3.70. The first-order valence-corrected chi connectivity index (χ1v) is 7.16. The number of anilines is 2. The maximum atomic E-state index is 11.6. The van der Waals surface area contributed by atoms with Gasteiger partial charge < -0.3 is 10.4 Å². The summed E-state index contributed by atoms with van der Waals surface area (Å²) < 4.78 is 25.3. The number of hydrogen-bond acceptors (Lipinski definition) is 4. The Morgan fingerprint density at radius 2 is 2.05 bits per heavy atom. The van der Waals surface area contributed by atoms with Crippen LogP contribution in [0.4, 0.5) is 11.4 Å². The Morgan fingerprint density at radius 3 is 2.55 bits per heavy atom. The van der Waals surface area contributed by atoms with Gasteiger partial charge >= 0.3 is 5.97 Å². The Labute approximate surface area is 116 Å². The molecule has 7 nitrogen and oxygen atoms in total. The van der Waals surface area contributed by atoms with Crippen LogP contribution in [0.3, 0.4) is 0 Å². The normalized spacial score (nSPS) is 10.7. The van der Waals surface area contributed by atoms with Crippen molar-refractivity contribution in [3.05, 3.63) is 36.4 Å². The SMILES string of the molecule is C=CCS(=O)(=O)Nc1ccc(NC(C)=O)cc1C(=O)O. The molecule has 108 valence electrons. The molecular weight excluding hydrogens is 284 g/mol. The van der Waals surface area contributed by atoms with E-state index < -0.39 is 16.0 Å². The molecule has 0 bridgehead atoms. The zero-order valence-corrected chi connectivity index (χ0v) is 11.5. The first-order valence-electron chi connectivity index (χ1n) is 5.51. The van der Waals surface area contributed by atoms with Crippen molar-refractivity contribution in [2.45, 2.75) is 6.92 Å². The molecule has 0 aromatic heterocycles. The topological polar surface area (TPSA) is 113 Å². The van der Waals surface area contributed by atoms with Gasteiger partial charge in [-0.1, -0.05) is 6.08 Å². The van der Waals surface area contributed by atoms with Crippen molar-refractivity contribution in [3.63, 3.8) is 0 Å². The lowest BCUT2D eigenvalue weighted by Crippen LogP contribution is -2.18. The number of benzene rings is 1. The van der Waals surface area contributed by atoms with E-state index >= 15 is 0 Å². The fourth-order valence-corrected chi connectivity index (χ4v) is 2.36. The van der Waals surface area contributed by atoms with Crippen LogP contribution >= 0.6 is 0 Å². The molecule has 0 saturated heterocycles. The predicted octanol–water partition coefficient (Wildman–Crippen LogP) is 1.27. The average molecular weight is 298 g/mol. The zero-order valence-electron chi connectivity index (χ0n) is 10.7. The number of carboxylic acids is 1. The fourth-order valence-electron chi connectivity index (χ4n) is 1.46. The minimum Gasteiger partial charge on any atom is -0.478 e. The minimum absolute atomic E-state index is 0.0755. The van der Waals surface area contributed by atoms with Gasteiger partial charge in [0, 0.05) is 12.6 Å². The lowest BCUT2D eigenvalue weighted by Gasteiger charge is -2.11. The molecule has 0 saturated carbocycles. The number of sulfonamides is 1. The first-order chi connectivity index (χ1) is 9.25. The lowest BCUT2D eigenvalue weighted by molar-refractivity contribution is -0.114. The fraction of sp³-hybridized carbons (Fsp3) is 0.167. The van der Waals surface area contributed by atoms with Gasteiger partial charge in [0.25, 0.3) is 0 Å². The summed E-state index contributed by atoms with van der Waals surface area (Å²) in [6, 6.07) is 3.85. The van der Waals surface area contributed by atoms with Gasteiger partial charge in [-0.25, -0.2) is 13.2 Å². The van der Waals surface area contributed by atoms with Crippen LogP contribution in [0.1, 0.15) is 17.3 Å². The molecule has 1 amide bonds. The molecule has 20 heavy (non-hydrogen) atoms. The average Bonchev–Trinajstić information content (AvgIpc) is 2.29.